The monoisotopic (exact) mass is 389 g/mol. The Bertz CT molecular complexity index is 248. The minimum atomic E-state index is 0. The van der Waals surface area contributed by atoms with Crippen LogP contribution in [0.5, 0.6) is 0 Å². The van der Waals surface area contributed by atoms with Gasteiger partial charge in [0.15, 0.2) is 5.96 Å². The number of ether oxygens (including phenoxy) is 1. The fraction of sp³-hybridized carbons (Fsp3) is 0.667. The first-order valence-corrected chi connectivity index (χ1v) is 5.38. The van der Waals surface area contributed by atoms with Crippen molar-refractivity contribution >= 4 is 45.9 Å². The van der Waals surface area contributed by atoms with Crippen molar-refractivity contribution in [2.45, 2.75) is 13.0 Å². The second-order valence-electron chi connectivity index (χ2n) is 3.32. The van der Waals surface area contributed by atoms with Crippen LogP contribution in [0.15, 0.2) is 16.1 Å². The molecule has 0 saturated carbocycles. The Morgan fingerprint density at radius 1 is 1.73 bits per heavy atom. The molecular formula is C9H17BrIN3O. The highest BCUT2D eigenvalue weighted by atomic mass is 127. The Labute approximate surface area is 116 Å². The Balaban J connectivity index is 0.00000196. The van der Waals surface area contributed by atoms with Crippen LogP contribution < -0.4 is 5.73 Å². The van der Waals surface area contributed by atoms with E-state index in [2.05, 4.69) is 27.5 Å². The van der Waals surface area contributed by atoms with Crippen LogP contribution >= 0.6 is 39.9 Å². The Hall–Kier alpha value is 0.180. The van der Waals surface area contributed by atoms with Crippen molar-refractivity contribution < 1.29 is 4.74 Å². The molecule has 1 atom stereocenters. The molecule has 1 saturated heterocycles. The van der Waals surface area contributed by atoms with E-state index in [9.17, 15) is 0 Å². The normalized spacial score (nSPS) is 22.1. The predicted octanol–water partition coefficient (Wildman–Crippen LogP) is 1.55. The lowest BCUT2D eigenvalue weighted by Crippen LogP contribution is -2.47. The van der Waals surface area contributed by atoms with E-state index in [0.29, 0.717) is 19.1 Å². The highest BCUT2D eigenvalue weighted by molar-refractivity contribution is 14.0. The Morgan fingerprint density at radius 2 is 2.40 bits per heavy atom. The SMILES string of the molecule is C=C(Br)CN=C(N)N1CCOC(C)C1.I. The van der Waals surface area contributed by atoms with E-state index in [4.69, 9.17) is 10.5 Å². The number of hydrogen-bond acceptors (Lipinski definition) is 2. The van der Waals surface area contributed by atoms with E-state index < -0.39 is 0 Å². The van der Waals surface area contributed by atoms with E-state index >= 15 is 0 Å². The van der Waals surface area contributed by atoms with Gasteiger partial charge in [0, 0.05) is 17.6 Å². The van der Waals surface area contributed by atoms with E-state index in [1.54, 1.807) is 0 Å². The van der Waals surface area contributed by atoms with Crippen LogP contribution in [0.4, 0.5) is 0 Å². The summed E-state index contributed by atoms with van der Waals surface area (Å²) in [5.41, 5.74) is 5.82. The molecule has 0 spiro atoms. The zero-order valence-corrected chi connectivity index (χ0v) is 12.7. The lowest BCUT2D eigenvalue weighted by Gasteiger charge is -2.31. The zero-order chi connectivity index (χ0) is 10.6. The van der Waals surface area contributed by atoms with Gasteiger partial charge < -0.3 is 15.4 Å². The second-order valence-corrected chi connectivity index (χ2v) is 4.44. The summed E-state index contributed by atoms with van der Waals surface area (Å²) in [5.74, 6) is 0.570. The second kappa shape index (κ2) is 7.45. The number of halogens is 2. The van der Waals surface area contributed by atoms with Gasteiger partial charge in [-0.15, -0.1) is 24.0 Å². The van der Waals surface area contributed by atoms with Crippen molar-refractivity contribution in [1.29, 1.82) is 0 Å². The summed E-state index contributed by atoms with van der Waals surface area (Å²) in [4.78, 5) is 6.23. The first-order chi connectivity index (χ1) is 6.59. The largest absolute Gasteiger partial charge is 0.375 e. The third-order valence-electron chi connectivity index (χ3n) is 1.98. The molecule has 0 aliphatic carbocycles. The lowest BCUT2D eigenvalue weighted by molar-refractivity contribution is 0.00532. The summed E-state index contributed by atoms with van der Waals surface area (Å²) in [6, 6.07) is 0. The maximum atomic E-state index is 5.82. The minimum Gasteiger partial charge on any atom is -0.375 e. The van der Waals surface area contributed by atoms with Crippen molar-refractivity contribution in [3.63, 3.8) is 0 Å². The van der Waals surface area contributed by atoms with E-state index in [1.165, 1.54) is 0 Å². The van der Waals surface area contributed by atoms with Crippen LogP contribution in [-0.4, -0.2) is 43.2 Å². The summed E-state index contributed by atoms with van der Waals surface area (Å²) in [6.45, 7) is 8.59. The molecule has 0 bridgehead atoms. The number of guanidine groups is 1. The van der Waals surface area contributed by atoms with Crippen molar-refractivity contribution in [3.05, 3.63) is 11.1 Å². The van der Waals surface area contributed by atoms with Crippen molar-refractivity contribution in [2.24, 2.45) is 10.7 Å². The zero-order valence-electron chi connectivity index (χ0n) is 8.78. The van der Waals surface area contributed by atoms with Gasteiger partial charge in [0.2, 0.25) is 0 Å². The highest BCUT2D eigenvalue weighted by Gasteiger charge is 2.17. The van der Waals surface area contributed by atoms with Crippen LogP contribution in [-0.2, 0) is 4.74 Å². The van der Waals surface area contributed by atoms with Gasteiger partial charge in [-0.05, 0) is 6.92 Å². The van der Waals surface area contributed by atoms with Crippen molar-refractivity contribution in [1.82, 2.24) is 4.90 Å². The van der Waals surface area contributed by atoms with Crippen LogP contribution in [0.25, 0.3) is 0 Å². The number of aliphatic imine (C=N–C) groups is 1. The summed E-state index contributed by atoms with van der Waals surface area (Å²) in [7, 11) is 0. The fourth-order valence-corrected chi connectivity index (χ4v) is 1.42. The van der Waals surface area contributed by atoms with Crippen LogP contribution in [0.2, 0.25) is 0 Å². The molecule has 1 aliphatic heterocycles. The molecule has 1 fully saturated rings. The summed E-state index contributed by atoms with van der Waals surface area (Å²) < 4.78 is 6.24. The first kappa shape index (κ1) is 15.2. The maximum absolute atomic E-state index is 5.82. The molecule has 1 unspecified atom stereocenters. The van der Waals surface area contributed by atoms with Gasteiger partial charge in [-0.1, -0.05) is 22.5 Å². The smallest absolute Gasteiger partial charge is 0.191 e. The number of rotatable bonds is 2. The van der Waals surface area contributed by atoms with Gasteiger partial charge in [0.25, 0.3) is 0 Å². The average Bonchev–Trinajstić information content (AvgIpc) is 2.14. The molecule has 0 radical (unpaired) electrons. The van der Waals surface area contributed by atoms with Gasteiger partial charge in [-0.2, -0.15) is 0 Å². The molecule has 1 aliphatic rings. The molecule has 1 rings (SSSR count). The standard InChI is InChI=1S/C9H16BrN3O.HI/c1-7(10)5-12-9(11)13-3-4-14-8(2)6-13;/h8H,1,3-6H2,2H3,(H2,11,12);1H. The van der Waals surface area contributed by atoms with Crippen LogP contribution in [0.1, 0.15) is 6.92 Å². The molecule has 4 nitrogen and oxygen atoms in total. The molecule has 0 aromatic rings. The Kier molecular flexibility index (Phi) is 7.54. The van der Waals surface area contributed by atoms with Gasteiger partial charge >= 0.3 is 0 Å². The molecule has 15 heavy (non-hydrogen) atoms. The summed E-state index contributed by atoms with van der Waals surface area (Å²) >= 11 is 3.24. The molecule has 6 heteroatoms. The number of hydrogen-bond donors (Lipinski definition) is 1. The summed E-state index contributed by atoms with van der Waals surface area (Å²) in [5, 5.41) is 0. The topological polar surface area (TPSA) is 50.8 Å². The number of morpholine rings is 1. The summed E-state index contributed by atoms with van der Waals surface area (Å²) in [6.07, 6.45) is 0.227. The number of nitrogens with two attached hydrogens (primary N) is 1. The molecule has 1 heterocycles. The van der Waals surface area contributed by atoms with Gasteiger partial charge in [-0.3, -0.25) is 0 Å². The molecule has 0 aromatic carbocycles. The third kappa shape index (κ3) is 5.72. The maximum Gasteiger partial charge on any atom is 0.191 e. The lowest BCUT2D eigenvalue weighted by atomic mass is 10.3. The van der Waals surface area contributed by atoms with Crippen molar-refractivity contribution in [2.75, 3.05) is 26.2 Å². The number of nitrogens with zero attached hydrogens (tertiary/aromatic N) is 2. The quantitative estimate of drug-likeness (QED) is 0.443. The molecule has 0 amide bonds. The van der Waals surface area contributed by atoms with E-state index in [1.807, 2.05) is 11.8 Å². The van der Waals surface area contributed by atoms with Gasteiger partial charge in [0.1, 0.15) is 0 Å². The van der Waals surface area contributed by atoms with E-state index in [0.717, 1.165) is 17.6 Å². The van der Waals surface area contributed by atoms with Gasteiger partial charge in [-0.25, -0.2) is 4.99 Å². The predicted molar refractivity (Wildman–Crippen MR) is 77.0 cm³/mol. The molecule has 0 aromatic heterocycles. The first-order valence-electron chi connectivity index (χ1n) is 4.59. The molecular weight excluding hydrogens is 373 g/mol. The van der Waals surface area contributed by atoms with Gasteiger partial charge in [0.05, 0.1) is 19.3 Å². The van der Waals surface area contributed by atoms with Crippen molar-refractivity contribution in [3.8, 4) is 0 Å². The third-order valence-corrected chi connectivity index (χ3v) is 2.23. The molecule has 88 valence electrons. The van der Waals surface area contributed by atoms with Crippen LogP contribution in [0, 0.1) is 0 Å². The fourth-order valence-electron chi connectivity index (χ4n) is 1.29. The minimum absolute atomic E-state index is 0. The highest BCUT2D eigenvalue weighted by Crippen LogP contribution is 2.05. The van der Waals surface area contributed by atoms with Crippen LogP contribution in [0.3, 0.4) is 0 Å². The Morgan fingerprint density at radius 3 is 2.93 bits per heavy atom. The molecule has 2 N–H and O–H groups in total. The average molecular weight is 390 g/mol. The van der Waals surface area contributed by atoms with E-state index in [-0.39, 0.29) is 30.1 Å².